The Labute approximate surface area is 180 Å². The lowest BCUT2D eigenvalue weighted by Gasteiger charge is -2.30. The van der Waals surface area contributed by atoms with Gasteiger partial charge in [0.15, 0.2) is 6.29 Å². The van der Waals surface area contributed by atoms with Crippen LogP contribution in [0.1, 0.15) is 92.9 Å². The van der Waals surface area contributed by atoms with E-state index in [1.165, 1.54) is 50.5 Å². The van der Waals surface area contributed by atoms with Crippen LogP contribution in [0.2, 0.25) is 0 Å². The molecule has 0 bridgehead atoms. The summed E-state index contributed by atoms with van der Waals surface area (Å²) in [6.07, 6.45) is 17.1. The summed E-state index contributed by atoms with van der Waals surface area (Å²) in [6, 6.07) is 0. The topological polar surface area (TPSA) is 27.7 Å². The Morgan fingerprint density at radius 3 is 2.34 bits per heavy atom. The molecule has 2 rings (SSSR count). The minimum absolute atomic E-state index is 0.113. The molecule has 0 amide bonds. The van der Waals surface area contributed by atoms with E-state index in [0.29, 0.717) is 30.7 Å². The summed E-state index contributed by atoms with van der Waals surface area (Å²) < 4.78 is 17.8. The van der Waals surface area contributed by atoms with E-state index >= 15 is 0 Å². The van der Waals surface area contributed by atoms with Gasteiger partial charge in [0.25, 0.3) is 0 Å². The van der Waals surface area contributed by atoms with Crippen LogP contribution < -0.4 is 0 Å². The maximum atomic E-state index is 6.08. The highest BCUT2D eigenvalue weighted by atomic mass is 16.7. The highest BCUT2D eigenvalue weighted by molar-refractivity contribution is 5.27. The average Bonchev–Trinajstić information content (AvgIpc) is 2.65. The monoisotopic (exact) mass is 406 g/mol. The van der Waals surface area contributed by atoms with Gasteiger partial charge in [-0.3, -0.25) is 0 Å². The van der Waals surface area contributed by atoms with Crippen molar-refractivity contribution in [3.05, 3.63) is 23.8 Å². The van der Waals surface area contributed by atoms with Crippen LogP contribution in [0.5, 0.6) is 0 Å². The first-order valence-corrected chi connectivity index (χ1v) is 12.0. The Kier molecular flexibility index (Phi) is 10.4. The second kappa shape index (κ2) is 12.3. The van der Waals surface area contributed by atoms with E-state index in [2.05, 4.69) is 52.8 Å². The van der Waals surface area contributed by atoms with Gasteiger partial charge in [-0.05, 0) is 61.9 Å². The van der Waals surface area contributed by atoms with Gasteiger partial charge in [-0.2, -0.15) is 0 Å². The molecular formula is C26H46O3. The van der Waals surface area contributed by atoms with Gasteiger partial charge in [0.2, 0.25) is 0 Å². The van der Waals surface area contributed by atoms with Gasteiger partial charge in [-0.15, -0.1) is 0 Å². The Morgan fingerprint density at radius 2 is 1.76 bits per heavy atom. The van der Waals surface area contributed by atoms with E-state index in [0.717, 1.165) is 12.3 Å². The van der Waals surface area contributed by atoms with Crippen LogP contribution in [0.25, 0.3) is 0 Å². The van der Waals surface area contributed by atoms with Crippen molar-refractivity contribution in [2.45, 2.75) is 111 Å². The van der Waals surface area contributed by atoms with Crippen molar-refractivity contribution >= 4 is 0 Å². The van der Waals surface area contributed by atoms with Crippen LogP contribution in [0.4, 0.5) is 0 Å². The molecule has 0 aromatic heterocycles. The van der Waals surface area contributed by atoms with Gasteiger partial charge in [0.05, 0.1) is 25.4 Å². The summed E-state index contributed by atoms with van der Waals surface area (Å²) in [5.74, 6) is 1.35. The fourth-order valence-electron chi connectivity index (χ4n) is 4.61. The van der Waals surface area contributed by atoms with E-state index in [-0.39, 0.29) is 12.4 Å². The lowest BCUT2D eigenvalue weighted by Crippen LogP contribution is -2.25. The Morgan fingerprint density at radius 1 is 1.03 bits per heavy atom. The molecule has 1 saturated carbocycles. The average molecular weight is 407 g/mol. The van der Waals surface area contributed by atoms with Gasteiger partial charge in [0.1, 0.15) is 0 Å². The molecule has 1 fully saturated rings. The predicted molar refractivity (Wildman–Crippen MR) is 122 cm³/mol. The molecule has 0 saturated heterocycles. The smallest absolute Gasteiger partial charge is 0.155 e. The van der Waals surface area contributed by atoms with Crippen LogP contribution in [0, 0.1) is 17.3 Å². The molecule has 2 aliphatic rings. The maximum Gasteiger partial charge on any atom is 0.155 e. The largest absolute Gasteiger partial charge is 0.376 e. The highest BCUT2D eigenvalue weighted by Crippen LogP contribution is 2.35. The lowest BCUT2D eigenvalue weighted by atomic mass is 9.76. The van der Waals surface area contributed by atoms with Crippen LogP contribution in [0.15, 0.2) is 23.8 Å². The summed E-state index contributed by atoms with van der Waals surface area (Å²) in [5, 5.41) is 0. The summed E-state index contributed by atoms with van der Waals surface area (Å²) in [4.78, 5) is 0. The van der Waals surface area contributed by atoms with Gasteiger partial charge in [-0.1, -0.05) is 72.1 Å². The molecule has 0 aliphatic heterocycles. The molecule has 2 aliphatic carbocycles. The first kappa shape index (κ1) is 24.6. The Hall–Kier alpha value is -0.640. The van der Waals surface area contributed by atoms with Crippen LogP contribution in [0.3, 0.4) is 0 Å². The van der Waals surface area contributed by atoms with Crippen molar-refractivity contribution in [2.24, 2.45) is 17.3 Å². The molecule has 0 radical (unpaired) electrons. The third kappa shape index (κ3) is 10.3. The standard InChI is InChI=1S/C26H46O3/c1-20(2)18-23(19-26(4,5)6)22-12-14-25(15-13-22)29-21(3)27-16-17-28-24-10-8-7-9-11-24/h12-14,20-21,23-25H,7-11,15-19H2,1-6H3. The van der Waals surface area contributed by atoms with Crippen LogP contribution in [-0.2, 0) is 14.2 Å². The number of hydrogen-bond acceptors (Lipinski definition) is 3. The normalized spacial score (nSPS) is 23.3. The highest BCUT2D eigenvalue weighted by Gasteiger charge is 2.24. The molecule has 0 aromatic carbocycles. The van der Waals surface area contributed by atoms with Gasteiger partial charge in [0, 0.05) is 0 Å². The fraction of sp³-hybridized carbons (Fsp3) is 0.846. The van der Waals surface area contributed by atoms with Gasteiger partial charge in [-0.25, -0.2) is 0 Å². The van der Waals surface area contributed by atoms with E-state index < -0.39 is 0 Å². The fourth-order valence-corrected chi connectivity index (χ4v) is 4.61. The molecule has 168 valence electrons. The number of ether oxygens (including phenoxy) is 3. The molecule has 29 heavy (non-hydrogen) atoms. The second-order valence-electron chi connectivity index (χ2n) is 10.6. The van der Waals surface area contributed by atoms with Crippen molar-refractivity contribution in [1.82, 2.24) is 0 Å². The van der Waals surface area contributed by atoms with E-state index in [1.54, 1.807) is 0 Å². The van der Waals surface area contributed by atoms with Crippen molar-refractivity contribution in [1.29, 1.82) is 0 Å². The molecule has 0 spiro atoms. The van der Waals surface area contributed by atoms with Gasteiger partial charge < -0.3 is 14.2 Å². The minimum atomic E-state index is -0.199. The maximum absolute atomic E-state index is 6.08. The minimum Gasteiger partial charge on any atom is -0.376 e. The van der Waals surface area contributed by atoms with Crippen LogP contribution >= 0.6 is 0 Å². The third-order valence-electron chi connectivity index (χ3n) is 5.88. The molecular weight excluding hydrogens is 360 g/mol. The van der Waals surface area contributed by atoms with Gasteiger partial charge >= 0.3 is 0 Å². The predicted octanol–water partition coefficient (Wildman–Crippen LogP) is 7.07. The molecule has 3 nitrogen and oxygen atoms in total. The van der Waals surface area contributed by atoms with Crippen LogP contribution in [-0.4, -0.2) is 31.7 Å². The SMILES string of the molecule is CC(C)CC(CC(C)(C)C)C1=CCC(OC(C)OCCOC2CCCCC2)C=C1. The molecule has 3 heteroatoms. The van der Waals surface area contributed by atoms with E-state index in [9.17, 15) is 0 Å². The molecule has 0 heterocycles. The molecule has 0 N–H and O–H groups in total. The number of hydrogen-bond donors (Lipinski definition) is 0. The first-order valence-electron chi connectivity index (χ1n) is 12.0. The Bertz CT molecular complexity index is 509. The number of rotatable bonds is 11. The van der Waals surface area contributed by atoms with Crippen molar-refractivity contribution in [3.63, 3.8) is 0 Å². The van der Waals surface area contributed by atoms with Crippen molar-refractivity contribution in [3.8, 4) is 0 Å². The molecule has 3 unspecified atom stereocenters. The summed E-state index contributed by atoms with van der Waals surface area (Å²) in [6.45, 7) is 15.0. The van der Waals surface area contributed by atoms with Crippen molar-refractivity contribution in [2.75, 3.05) is 13.2 Å². The zero-order valence-electron chi connectivity index (χ0n) is 19.9. The van der Waals surface area contributed by atoms with E-state index in [4.69, 9.17) is 14.2 Å². The zero-order chi connectivity index (χ0) is 21.3. The first-order chi connectivity index (χ1) is 13.7. The second-order valence-corrected chi connectivity index (χ2v) is 10.6. The quantitative estimate of drug-likeness (QED) is 0.271. The molecule has 3 atom stereocenters. The lowest BCUT2D eigenvalue weighted by molar-refractivity contribution is -0.159. The number of allylic oxidation sites excluding steroid dienone is 2. The molecule has 0 aromatic rings. The summed E-state index contributed by atoms with van der Waals surface area (Å²) in [5.41, 5.74) is 1.84. The zero-order valence-corrected chi connectivity index (χ0v) is 19.9. The van der Waals surface area contributed by atoms with Crippen molar-refractivity contribution < 1.29 is 14.2 Å². The summed E-state index contributed by atoms with van der Waals surface area (Å²) >= 11 is 0. The third-order valence-corrected chi connectivity index (χ3v) is 5.88. The summed E-state index contributed by atoms with van der Waals surface area (Å²) in [7, 11) is 0. The van der Waals surface area contributed by atoms with E-state index in [1.807, 2.05) is 6.92 Å². The Balaban J connectivity index is 1.69.